The summed E-state index contributed by atoms with van der Waals surface area (Å²) in [5.41, 5.74) is 6.36. The number of nitrogens with two attached hydrogens (primary N) is 1. The molecule has 1 fully saturated rings. The summed E-state index contributed by atoms with van der Waals surface area (Å²) in [5, 5.41) is 17.8. The van der Waals surface area contributed by atoms with E-state index in [1.54, 1.807) is 12.3 Å². The van der Waals surface area contributed by atoms with E-state index in [0.29, 0.717) is 11.7 Å². The van der Waals surface area contributed by atoms with Gasteiger partial charge in [-0.15, -0.1) is 0 Å². The topological polar surface area (TPSA) is 99.6 Å². The Morgan fingerprint density at radius 3 is 2.83 bits per heavy atom. The summed E-state index contributed by atoms with van der Waals surface area (Å²) in [6, 6.07) is 6.76. The average molecular weight is 310 g/mol. The van der Waals surface area contributed by atoms with Crippen LogP contribution >= 0.6 is 0 Å². The molecule has 4 N–H and O–H groups in total. The Bertz CT molecular complexity index is 749. The maximum Gasteiger partial charge on any atom is 0.143 e. The number of fused-ring (bicyclic) bond motifs is 1. The number of nitrogens with zero attached hydrogens (tertiary/aromatic N) is 3. The minimum Gasteiger partial charge on any atom is -0.367 e. The van der Waals surface area contributed by atoms with Crippen LogP contribution in [-0.4, -0.2) is 28.1 Å². The van der Waals surface area contributed by atoms with Crippen molar-refractivity contribution >= 4 is 22.4 Å². The van der Waals surface area contributed by atoms with Crippen LogP contribution in [0.2, 0.25) is 0 Å². The first-order valence-corrected chi connectivity index (χ1v) is 8.04. The minimum absolute atomic E-state index is 0.233. The smallest absolute Gasteiger partial charge is 0.143 e. The Kier molecular flexibility index (Phi) is 4.30. The molecule has 120 valence electrons. The third-order valence-corrected chi connectivity index (χ3v) is 4.08. The summed E-state index contributed by atoms with van der Waals surface area (Å²) in [5.74, 6) is 1.55. The van der Waals surface area contributed by atoms with E-state index in [9.17, 15) is 0 Å². The highest BCUT2D eigenvalue weighted by atomic mass is 15.0. The Labute approximate surface area is 136 Å². The number of rotatable bonds is 4. The van der Waals surface area contributed by atoms with E-state index < -0.39 is 0 Å². The van der Waals surface area contributed by atoms with Crippen molar-refractivity contribution in [2.75, 3.05) is 10.6 Å². The molecule has 2 aromatic rings. The molecule has 23 heavy (non-hydrogen) atoms. The fraction of sp³-hybridized carbons (Fsp3) is 0.471. The maximum absolute atomic E-state index is 9.14. The lowest BCUT2D eigenvalue weighted by Gasteiger charge is -2.16. The first kappa shape index (κ1) is 15.5. The molecular formula is C17H22N6. The van der Waals surface area contributed by atoms with Crippen LogP contribution in [0.25, 0.3) is 10.8 Å². The van der Waals surface area contributed by atoms with Crippen LogP contribution in [0.4, 0.5) is 11.6 Å². The van der Waals surface area contributed by atoms with Crippen molar-refractivity contribution in [2.45, 2.75) is 51.2 Å². The molecule has 0 spiro atoms. The van der Waals surface area contributed by atoms with Gasteiger partial charge in [0.05, 0.1) is 0 Å². The zero-order valence-electron chi connectivity index (χ0n) is 13.5. The van der Waals surface area contributed by atoms with E-state index in [-0.39, 0.29) is 12.1 Å². The van der Waals surface area contributed by atoms with Gasteiger partial charge in [0.25, 0.3) is 0 Å². The highest BCUT2D eigenvalue weighted by Gasteiger charge is 2.22. The SMILES string of the molecule is CC(C)Nc1nc(C#N)cc2cnc(N[C@H]3CC[C@H](N)C3)cc12. The van der Waals surface area contributed by atoms with Crippen LogP contribution in [0.5, 0.6) is 0 Å². The van der Waals surface area contributed by atoms with Crippen LogP contribution < -0.4 is 16.4 Å². The number of nitriles is 1. The molecule has 1 saturated carbocycles. The predicted molar refractivity (Wildman–Crippen MR) is 92.2 cm³/mol. The lowest BCUT2D eigenvalue weighted by Crippen LogP contribution is -2.21. The van der Waals surface area contributed by atoms with Gasteiger partial charge in [-0.25, -0.2) is 9.97 Å². The molecule has 0 amide bonds. The van der Waals surface area contributed by atoms with Gasteiger partial charge in [-0.3, -0.25) is 0 Å². The zero-order chi connectivity index (χ0) is 16.4. The van der Waals surface area contributed by atoms with Gasteiger partial charge in [0, 0.05) is 35.1 Å². The highest BCUT2D eigenvalue weighted by molar-refractivity contribution is 5.93. The average Bonchev–Trinajstić information content (AvgIpc) is 2.92. The summed E-state index contributed by atoms with van der Waals surface area (Å²) in [6.45, 7) is 4.10. The fourth-order valence-electron chi connectivity index (χ4n) is 3.02. The van der Waals surface area contributed by atoms with Crippen LogP contribution in [0.15, 0.2) is 18.3 Å². The number of hydrogen-bond acceptors (Lipinski definition) is 6. The molecule has 1 aliphatic rings. The second-order valence-corrected chi connectivity index (χ2v) is 6.47. The summed E-state index contributed by atoms with van der Waals surface area (Å²) in [7, 11) is 0. The van der Waals surface area contributed by atoms with Crippen molar-refractivity contribution in [3.63, 3.8) is 0 Å². The third-order valence-electron chi connectivity index (χ3n) is 4.08. The van der Waals surface area contributed by atoms with Gasteiger partial charge < -0.3 is 16.4 Å². The quantitative estimate of drug-likeness (QED) is 0.802. The Balaban J connectivity index is 1.95. The first-order valence-electron chi connectivity index (χ1n) is 8.04. The van der Waals surface area contributed by atoms with E-state index >= 15 is 0 Å². The summed E-state index contributed by atoms with van der Waals surface area (Å²) >= 11 is 0. The Morgan fingerprint density at radius 2 is 2.17 bits per heavy atom. The molecule has 1 aliphatic carbocycles. The summed E-state index contributed by atoms with van der Waals surface area (Å²) < 4.78 is 0. The van der Waals surface area contributed by atoms with Gasteiger partial charge in [0.15, 0.2) is 0 Å². The van der Waals surface area contributed by atoms with E-state index in [1.807, 2.05) is 19.9 Å². The van der Waals surface area contributed by atoms with Crippen molar-refractivity contribution in [1.82, 2.24) is 9.97 Å². The molecule has 0 saturated heterocycles. The molecular weight excluding hydrogens is 288 g/mol. The van der Waals surface area contributed by atoms with Crippen molar-refractivity contribution in [3.8, 4) is 6.07 Å². The fourth-order valence-corrected chi connectivity index (χ4v) is 3.02. The van der Waals surface area contributed by atoms with Crippen LogP contribution in [-0.2, 0) is 0 Å². The highest BCUT2D eigenvalue weighted by Crippen LogP contribution is 2.27. The van der Waals surface area contributed by atoms with Gasteiger partial charge >= 0.3 is 0 Å². The van der Waals surface area contributed by atoms with Gasteiger partial charge in [0.2, 0.25) is 0 Å². The van der Waals surface area contributed by atoms with Gasteiger partial charge in [-0.1, -0.05) is 0 Å². The molecule has 0 aromatic carbocycles. The van der Waals surface area contributed by atoms with Crippen molar-refractivity contribution in [1.29, 1.82) is 5.26 Å². The zero-order valence-corrected chi connectivity index (χ0v) is 13.5. The van der Waals surface area contributed by atoms with Crippen LogP contribution in [0, 0.1) is 11.3 Å². The summed E-state index contributed by atoms with van der Waals surface area (Å²) in [6.07, 6.45) is 4.89. The van der Waals surface area contributed by atoms with Crippen LogP contribution in [0.3, 0.4) is 0 Å². The second kappa shape index (κ2) is 6.39. The third kappa shape index (κ3) is 3.51. The minimum atomic E-state index is 0.233. The number of aromatic nitrogens is 2. The van der Waals surface area contributed by atoms with E-state index in [0.717, 1.165) is 41.7 Å². The van der Waals surface area contributed by atoms with Crippen molar-refractivity contribution in [2.24, 2.45) is 5.73 Å². The predicted octanol–water partition coefficient (Wildman–Crippen LogP) is 2.61. The lowest BCUT2D eigenvalue weighted by atomic mass is 10.1. The standard InChI is InChI=1S/C17H22N6/c1-10(2)21-17-15-7-16(22-13-4-3-12(19)6-13)20-9-11(15)5-14(8-18)23-17/h5,7,9-10,12-13H,3-4,6,19H2,1-2H3,(H,20,22)(H,21,23)/t12-,13-/m0/s1. The maximum atomic E-state index is 9.14. The number of hydrogen-bond donors (Lipinski definition) is 3. The van der Waals surface area contributed by atoms with Gasteiger partial charge in [-0.05, 0) is 45.2 Å². The lowest BCUT2D eigenvalue weighted by molar-refractivity contribution is 0.687. The van der Waals surface area contributed by atoms with E-state index in [1.165, 1.54) is 0 Å². The van der Waals surface area contributed by atoms with Crippen molar-refractivity contribution < 1.29 is 0 Å². The molecule has 0 radical (unpaired) electrons. The number of anilines is 2. The molecule has 6 heteroatoms. The Morgan fingerprint density at radius 1 is 1.35 bits per heavy atom. The molecule has 2 atom stereocenters. The molecule has 0 unspecified atom stereocenters. The molecule has 2 heterocycles. The van der Waals surface area contributed by atoms with Crippen LogP contribution in [0.1, 0.15) is 38.8 Å². The van der Waals surface area contributed by atoms with Gasteiger partial charge in [-0.2, -0.15) is 5.26 Å². The Hall–Kier alpha value is -2.39. The second-order valence-electron chi connectivity index (χ2n) is 6.47. The number of pyridine rings is 2. The monoisotopic (exact) mass is 310 g/mol. The normalized spacial score (nSPS) is 20.7. The molecule has 3 rings (SSSR count). The summed E-state index contributed by atoms with van der Waals surface area (Å²) in [4.78, 5) is 8.87. The van der Waals surface area contributed by atoms with Gasteiger partial charge in [0.1, 0.15) is 23.4 Å². The number of nitrogens with one attached hydrogen (secondary N) is 2. The van der Waals surface area contributed by atoms with E-state index in [2.05, 4.69) is 26.7 Å². The first-order chi connectivity index (χ1) is 11.0. The van der Waals surface area contributed by atoms with Crippen molar-refractivity contribution in [3.05, 3.63) is 24.0 Å². The van der Waals surface area contributed by atoms with E-state index in [4.69, 9.17) is 11.0 Å². The molecule has 6 nitrogen and oxygen atoms in total. The molecule has 0 aliphatic heterocycles. The largest absolute Gasteiger partial charge is 0.367 e. The molecule has 0 bridgehead atoms. The molecule has 2 aromatic heterocycles.